The number of aryl methyl sites for hydroxylation is 1. The van der Waals surface area contributed by atoms with Gasteiger partial charge in [0.15, 0.2) is 10.8 Å². The molecule has 0 radical (unpaired) electrons. The molecule has 4 aromatic rings. The maximum atomic E-state index is 5.87. The van der Waals surface area contributed by atoms with Gasteiger partial charge in [-0.1, -0.05) is 41.7 Å². The van der Waals surface area contributed by atoms with Crippen LogP contribution in [0, 0.1) is 6.92 Å². The molecule has 0 amide bonds. The zero-order valence-electron chi connectivity index (χ0n) is 11.1. The zero-order chi connectivity index (χ0) is 14.4. The molecular weight excluding hydrogens is 302 g/mol. The van der Waals surface area contributed by atoms with Crippen molar-refractivity contribution in [3.8, 4) is 21.3 Å². The minimum Gasteiger partial charge on any atom is -0.391 e. The van der Waals surface area contributed by atoms with Crippen LogP contribution in [0.25, 0.3) is 26.2 Å². The summed E-state index contributed by atoms with van der Waals surface area (Å²) in [5.74, 6) is 0.760. The van der Waals surface area contributed by atoms with E-state index in [9.17, 15) is 0 Å². The van der Waals surface area contributed by atoms with Crippen LogP contribution in [-0.2, 0) is 0 Å². The van der Waals surface area contributed by atoms with Gasteiger partial charge in [0.1, 0.15) is 0 Å². The number of hydrogen-bond donors (Lipinski definition) is 1. The molecule has 0 saturated heterocycles. The van der Waals surface area contributed by atoms with Gasteiger partial charge in [0.05, 0.1) is 9.88 Å². The number of fused-ring (bicyclic) bond motifs is 1. The molecule has 0 bridgehead atoms. The standard InChI is InChI=1S/C14H11N5S2/c1-8-7-10(15)20-11(8)13-18-19-12(16-17-14(19)21-13)9-5-3-2-4-6-9/h2-7H,15H2,1H3. The number of hydrogen-bond acceptors (Lipinski definition) is 6. The molecule has 0 spiro atoms. The summed E-state index contributed by atoms with van der Waals surface area (Å²) in [6, 6.07) is 11.9. The molecular formula is C14H11N5S2. The normalized spacial score (nSPS) is 11.3. The number of rotatable bonds is 2. The Morgan fingerprint density at radius 2 is 1.90 bits per heavy atom. The topological polar surface area (TPSA) is 69.1 Å². The molecule has 0 aliphatic carbocycles. The van der Waals surface area contributed by atoms with Crippen LogP contribution in [0.4, 0.5) is 5.00 Å². The summed E-state index contributed by atoms with van der Waals surface area (Å²) in [6.07, 6.45) is 0. The van der Waals surface area contributed by atoms with Crippen molar-refractivity contribution in [3.63, 3.8) is 0 Å². The fraction of sp³-hybridized carbons (Fsp3) is 0.0714. The quantitative estimate of drug-likeness (QED) is 0.615. The number of anilines is 1. The molecule has 2 N–H and O–H groups in total. The third kappa shape index (κ3) is 2.01. The van der Waals surface area contributed by atoms with Crippen LogP contribution < -0.4 is 5.73 Å². The predicted octanol–water partition coefficient (Wildman–Crippen LogP) is 3.47. The van der Waals surface area contributed by atoms with E-state index >= 15 is 0 Å². The summed E-state index contributed by atoms with van der Waals surface area (Å²) in [7, 11) is 0. The van der Waals surface area contributed by atoms with Gasteiger partial charge in [-0.3, -0.25) is 0 Å². The summed E-state index contributed by atoms with van der Waals surface area (Å²) in [5.41, 5.74) is 8.01. The van der Waals surface area contributed by atoms with E-state index in [1.165, 1.54) is 11.3 Å². The third-order valence-corrected chi connectivity index (χ3v) is 5.27. The van der Waals surface area contributed by atoms with Crippen molar-refractivity contribution in [1.29, 1.82) is 0 Å². The average Bonchev–Trinajstić information content (AvgIpc) is 3.13. The Labute approximate surface area is 128 Å². The molecule has 3 aromatic heterocycles. The highest BCUT2D eigenvalue weighted by atomic mass is 32.1. The predicted molar refractivity (Wildman–Crippen MR) is 86.6 cm³/mol. The highest BCUT2D eigenvalue weighted by molar-refractivity contribution is 7.25. The van der Waals surface area contributed by atoms with Crippen molar-refractivity contribution in [2.45, 2.75) is 6.92 Å². The van der Waals surface area contributed by atoms with E-state index in [0.717, 1.165) is 36.8 Å². The Morgan fingerprint density at radius 3 is 2.62 bits per heavy atom. The van der Waals surface area contributed by atoms with E-state index < -0.39 is 0 Å². The van der Waals surface area contributed by atoms with Gasteiger partial charge in [-0.15, -0.1) is 21.5 Å². The van der Waals surface area contributed by atoms with Crippen molar-refractivity contribution < 1.29 is 0 Å². The zero-order valence-corrected chi connectivity index (χ0v) is 12.8. The van der Waals surface area contributed by atoms with Crippen LogP contribution >= 0.6 is 22.7 Å². The van der Waals surface area contributed by atoms with E-state index in [1.807, 2.05) is 43.3 Å². The molecule has 21 heavy (non-hydrogen) atoms. The van der Waals surface area contributed by atoms with Crippen LogP contribution in [0.15, 0.2) is 36.4 Å². The van der Waals surface area contributed by atoms with Crippen LogP contribution in [0.3, 0.4) is 0 Å². The maximum absolute atomic E-state index is 5.87. The number of nitrogens with zero attached hydrogens (tertiary/aromatic N) is 4. The molecule has 3 heterocycles. The van der Waals surface area contributed by atoms with Gasteiger partial charge in [-0.05, 0) is 18.6 Å². The van der Waals surface area contributed by atoms with Gasteiger partial charge in [0.25, 0.3) is 0 Å². The Morgan fingerprint density at radius 1 is 1.10 bits per heavy atom. The van der Waals surface area contributed by atoms with Gasteiger partial charge in [-0.25, -0.2) is 0 Å². The minimum absolute atomic E-state index is 0.760. The van der Waals surface area contributed by atoms with Gasteiger partial charge < -0.3 is 5.73 Å². The monoisotopic (exact) mass is 313 g/mol. The highest BCUT2D eigenvalue weighted by Gasteiger charge is 2.16. The highest BCUT2D eigenvalue weighted by Crippen LogP contribution is 2.36. The Hall–Kier alpha value is -2.25. The van der Waals surface area contributed by atoms with Crippen molar-refractivity contribution in [1.82, 2.24) is 19.8 Å². The summed E-state index contributed by atoms with van der Waals surface area (Å²) >= 11 is 3.08. The second kappa shape index (κ2) is 4.64. The third-order valence-electron chi connectivity index (χ3n) is 3.15. The first-order valence-corrected chi connectivity index (χ1v) is 7.99. The summed E-state index contributed by atoms with van der Waals surface area (Å²) in [6.45, 7) is 2.04. The molecule has 0 aliphatic heterocycles. The van der Waals surface area contributed by atoms with Crippen molar-refractivity contribution in [3.05, 3.63) is 42.0 Å². The first-order chi connectivity index (χ1) is 10.2. The maximum Gasteiger partial charge on any atom is 0.235 e. The molecule has 1 aromatic carbocycles. The van der Waals surface area contributed by atoms with Gasteiger partial charge in [0.2, 0.25) is 4.96 Å². The number of aromatic nitrogens is 4. The fourth-order valence-corrected chi connectivity index (χ4v) is 4.11. The van der Waals surface area contributed by atoms with E-state index in [1.54, 1.807) is 15.9 Å². The van der Waals surface area contributed by atoms with Crippen LogP contribution in [0.5, 0.6) is 0 Å². The first-order valence-electron chi connectivity index (χ1n) is 6.36. The lowest BCUT2D eigenvalue weighted by molar-refractivity contribution is 0.971. The van der Waals surface area contributed by atoms with Crippen molar-refractivity contribution in [2.75, 3.05) is 5.73 Å². The smallest absolute Gasteiger partial charge is 0.235 e. The molecule has 7 heteroatoms. The van der Waals surface area contributed by atoms with Gasteiger partial charge >= 0.3 is 0 Å². The van der Waals surface area contributed by atoms with Gasteiger partial charge in [0, 0.05) is 5.56 Å². The van der Waals surface area contributed by atoms with Crippen LogP contribution in [0.2, 0.25) is 0 Å². The number of thiophene rings is 1. The molecule has 0 unspecified atom stereocenters. The molecule has 104 valence electrons. The lowest BCUT2D eigenvalue weighted by Crippen LogP contribution is -1.90. The molecule has 0 saturated carbocycles. The number of nitrogens with two attached hydrogens (primary N) is 1. The molecule has 4 rings (SSSR count). The molecule has 5 nitrogen and oxygen atoms in total. The summed E-state index contributed by atoms with van der Waals surface area (Å²) in [5, 5.41) is 14.8. The summed E-state index contributed by atoms with van der Waals surface area (Å²) in [4.78, 5) is 1.89. The largest absolute Gasteiger partial charge is 0.391 e. The second-order valence-electron chi connectivity index (χ2n) is 4.65. The molecule has 0 fully saturated rings. The Bertz CT molecular complexity index is 920. The van der Waals surface area contributed by atoms with Crippen molar-refractivity contribution >= 4 is 32.6 Å². The Kier molecular flexibility index (Phi) is 2.76. The average molecular weight is 313 g/mol. The van der Waals surface area contributed by atoms with Crippen molar-refractivity contribution in [2.24, 2.45) is 0 Å². The van der Waals surface area contributed by atoms with Crippen LogP contribution in [0.1, 0.15) is 5.56 Å². The summed E-state index contributed by atoms with van der Waals surface area (Å²) < 4.78 is 1.80. The lowest BCUT2D eigenvalue weighted by atomic mass is 10.2. The number of benzene rings is 1. The minimum atomic E-state index is 0.760. The lowest BCUT2D eigenvalue weighted by Gasteiger charge is -1.95. The molecule has 0 aliphatic rings. The fourth-order valence-electron chi connectivity index (χ4n) is 2.20. The van der Waals surface area contributed by atoms with E-state index in [0.29, 0.717) is 0 Å². The Balaban J connectivity index is 1.88. The van der Waals surface area contributed by atoms with E-state index in [4.69, 9.17) is 5.73 Å². The van der Waals surface area contributed by atoms with E-state index in [-0.39, 0.29) is 0 Å². The first kappa shape index (κ1) is 12.5. The second-order valence-corrected chi connectivity index (χ2v) is 6.69. The molecule has 0 atom stereocenters. The SMILES string of the molecule is Cc1cc(N)sc1-c1nn2c(-c3ccccc3)nnc2s1. The van der Waals surface area contributed by atoms with Crippen LogP contribution in [-0.4, -0.2) is 19.8 Å². The van der Waals surface area contributed by atoms with Gasteiger partial charge in [-0.2, -0.15) is 9.61 Å². The van der Waals surface area contributed by atoms with E-state index in [2.05, 4.69) is 15.3 Å². The number of nitrogen functional groups attached to an aromatic ring is 1.